The second-order valence-electron chi connectivity index (χ2n) is 17.0. The molecule has 44 heavy (non-hydrogen) atoms. The van der Waals surface area contributed by atoms with Crippen LogP contribution in [0.5, 0.6) is 0 Å². The SMILES string of the molecule is C=C(C)[C@@H]1CC[C@]2(C(=O)NCC(=O)O)CC[C@]3(C)C(CCC4[C@@]5(C)Cc6c([nH]c7ccc(Cl)cc67)C(C)(C)C5CC[C@]43C)C12. The number of aromatic nitrogens is 1. The van der Waals surface area contributed by atoms with E-state index in [0.717, 1.165) is 43.5 Å². The van der Waals surface area contributed by atoms with Gasteiger partial charge in [0.25, 0.3) is 0 Å². The van der Waals surface area contributed by atoms with Gasteiger partial charge in [0.1, 0.15) is 6.54 Å². The first-order valence-electron chi connectivity index (χ1n) is 17.1. The Morgan fingerprint density at radius 2 is 1.75 bits per heavy atom. The quantitative estimate of drug-likeness (QED) is 0.300. The predicted octanol–water partition coefficient (Wildman–Crippen LogP) is 8.69. The van der Waals surface area contributed by atoms with Crippen LogP contribution in [-0.2, 0) is 21.4 Å². The second-order valence-corrected chi connectivity index (χ2v) is 17.4. The molecule has 4 fully saturated rings. The van der Waals surface area contributed by atoms with E-state index in [-0.39, 0.29) is 40.0 Å². The molecule has 5 aliphatic rings. The summed E-state index contributed by atoms with van der Waals surface area (Å²) in [4.78, 5) is 29.2. The maximum absolute atomic E-state index is 13.9. The normalized spacial score (nSPS) is 41.9. The number of nitrogens with one attached hydrogen (secondary N) is 2. The van der Waals surface area contributed by atoms with Crippen LogP contribution in [-0.4, -0.2) is 28.5 Å². The number of carboxylic acid groups (broad SMARTS) is 1. The highest BCUT2D eigenvalue weighted by molar-refractivity contribution is 6.31. The Labute approximate surface area is 268 Å². The molecule has 1 heterocycles. The first-order valence-corrected chi connectivity index (χ1v) is 17.4. The second kappa shape index (κ2) is 9.62. The van der Waals surface area contributed by atoms with Gasteiger partial charge in [0.2, 0.25) is 5.91 Å². The smallest absolute Gasteiger partial charge is 0.322 e. The lowest BCUT2D eigenvalue weighted by Gasteiger charge is -2.72. The fourth-order valence-corrected chi connectivity index (χ4v) is 13.3. The van der Waals surface area contributed by atoms with Gasteiger partial charge in [-0.05, 0) is 134 Å². The van der Waals surface area contributed by atoms with Crippen molar-refractivity contribution in [2.24, 2.45) is 51.2 Å². The van der Waals surface area contributed by atoms with Crippen molar-refractivity contribution in [1.29, 1.82) is 0 Å². The molecular weight excluding hydrogens is 568 g/mol. The number of rotatable bonds is 4. The Bertz CT molecular complexity index is 1570. The monoisotopic (exact) mass is 618 g/mol. The highest BCUT2D eigenvalue weighted by Crippen LogP contribution is 2.77. The Morgan fingerprint density at radius 1 is 1.00 bits per heavy atom. The molecule has 1 aromatic carbocycles. The Balaban J connectivity index is 1.30. The molecule has 0 aliphatic heterocycles. The molecule has 0 radical (unpaired) electrons. The number of amides is 1. The van der Waals surface area contributed by atoms with Gasteiger partial charge in [-0.15, -0.1) is 0 Å². The third-order valence-corrected chi connectivity index (χ3v) is 15.4. The van der Waals surface area contributed by atoms with Crippen LogP contribution in [0.3, 0.4) is 0 Å². The topological polar surface area (TPSA) is 82.2 Å². The molecule has 0 bridgehead atoms. The number of H-pyrrole nitrogens is 1. The van der Waals surface area contributed by atoms with E-state index in [4.69, 9.17) is 11.6 Å². The third kappa shape index (κ3) is 3.77. The molecule has 5 aliphatic carbocycles. The van der Waals surface area contributed by atoms with Crippen LogP contribution in [0.2, 0.25) is 5.02 Å². The van der Waals surface area contributed by atoms with E-state index in [0.29, 0.717) is 23.7 Å². The van der Waals surface area contributed by atoms with Gasteiger partial charge >= 0.3 is 5.97 Å². The van der Waals surface area contributed by atoms with Crippen molar-refractivity contribution in [1.82, 2.24) is 10.3 Å². The first kappa shape index (κ1) is 30.4. The number of aliphatic carboxylic acids is 1. The number of fused-ring (bicyclic) bond motifs is 10. The molecule has 6 heteroatoms. The summed E-state index contributed by atoms with van der Waals surface area (Å²) in [5.74, 6) is 1.13. The lowest BCUT2D eigenvalue weighted by molar-refractivity contribution is -0.224. The number of carbonyl (C=O) groups is 2. The Kier molecular flexibility index (Phi) is 6.65. The third-order valence-electron chi connectivity index (χ3n) is 15.1. The van der Waals surface area contributed by atoms with E-state index in [1.165, 1.54) is 47.0 Å². The zero-order chi connectivity index (χ0) is 31.6. The molecule has 1 aromatic heterocycles. The zero-order valence-electron chi connectivity index (χ0n) is 27.5. The largest absolute Gasteiger partial charge is 0.480 e. The highest BCUT2D eigenvalue weighted by Gasteiger charge is 2.71. The minimum Gasteiger partial charge on any atom is -0.480 e. The summed E-state index contributed by atoms with van der Waals surface area (Å²) < 4.78 is 0. The molecule has 7 rings (SSSR count). The standard InChI is InChI=1S/C38H51ClN2O3/c1-21(2)23-12-15-38(33(44)40-20-30(42)43)17-16-36(6)26(31(23)38)9-11-29-35(5)19-25-24-18-22(39)8-10-27(24)41-32(25)34(3,4)28(35)13-14-37(29,36)7/h8,10,18,23,26,28-29,31,41H,1,9,11-17,19-20H2,2-7H3,(H,40,44)(H,42,43)/t23-,26?,28?,29?,31?,35-,36+,37+,38-/m0/s1. The van der Waals surface area contributed by atoms with Gasteiger partial charge in [-0.2, -0.15) is 0 Å². The number of hydrogen-bond donors (Lipinski definition) is 3. The minimum absolute atomic E-state index is 0.0294. The van der Waals surface area contributed by atoms with Gasteiger partial charge in [-0.3, -0.25) is 9.59 Å². The van der Waals surface area contributed by atoms with Crippen LogP contribution >= 0.6 is 11.6 Å². The molecule has 4 unspecified atom stereocenters. The summed E-state index contributed by atoms with van der Waals surface area (Å²) in [6.07, 6.45) is 9.53. The fourth-order valence-electron chi connectivity index (χ4n) is 13.2. The summed E-state index contributed by atoms with van der Waals surface area (Å²) >= 11 is 6.56. The van der Waals surface area contributed by atoms with E-state index >= 15 is 0 Å². The van der Waals surface area contributed by atoms with Gasteiger partial charge in [0.15, 0.2) is 0 Å². The summed E-state index contributed by atoms with van der Waals surface area (Å²) in [6.45, 7) is 19.1. The van der Waals surface area contributed by atoms with Crippen molar-refractivity contribution >= 4 is 34.4 Å². The minimum atomic E-state index is -0.976. The molecule has 238 valence electrons. The van der Waals surface area contributed by atoms with Gasteiger partial charge < -0.3 is 15.4 Å². The van der Waals surface area contributed by atoms with Crippen LogP contribution in [0, 0.1) is 51.2 Å². The van der Waals surface area contributed by atoms with Crippen molar-refractivity contribution < 1.29 is 14.7 Å². The molecule has 5 nitrogen and oxygen atoms in total. The lowest BCUT2D eigenvalue weighted by Crippen LogP contribution is -2.67. The Hall–Kier alpha value is -2.27. The van der Waals surface area contributed by atoms with Crippen molar-refractivity contribution in [3.8, 4) is 0 Å². The summed E-state index contributed by atoms with van der Waals surface area (Å²) in [7, 11) is 0. The molecule has 2 aromatic rings. The van der Waals surface area contributed by atoms with E-state index < -0.39 is 11.4 Å². The fraction of sp³-hybridized carbons (Fsp3) is 0.684. The van der Waals surface area contributed by atoms with E-state index in [2.05, 4.69) is 70.6 Å². The number of hydrogen-bond acceptors (Lipinski definition) is 2. The molecule has 0 spiro atoms. The maximum atomic E-state index is 13.9. The van der Waals surface area contributed by atoms with Crippen molar-refractivity contribution in [3.05, 3.63) is 46.6 Å². The summed E-state index contributed by atoms with van der Waals surface area (Å²) in [5.41, 5.74) is 5.24. The summed E-state index contributed by atoms with van der Waals surface area (Å²) in [5, 5.41) is 14.3. The molecule has 9 atom stereocenters. The number of carbonyl (C=O) groups excluding carboxylic acids is 1. The molecular formula is C38H51ClN2O3. The number of allylic oxidation sites excluding steroid dienone is 1. The average molecular weight is 619 g/mol. The van der Waals surface area contributed by atoms with Crippen LogP contribution in [0.15, 0.2) is 30.4 Å². The van der Waals surface area contributed by atoms with Gasteiger partial charge in [0.05, 0.1) is 5.41 Å². The highest BCUT2D eigenvalue weighted by atomic mass is 35.5. The predicted molar refractivity (Wildman–Crippen MR) is 177 cm³/mol. The average Bonchev–Trinajstić information content (AvgIpc) is 3.52. The van der Waals surface area contributed by atoms with Crippen molar-refractivity contribution in [2.45, 2.75) is 105 Å². The number of aromatic amines is 1. The van der Waals surface area contributed by atoms with Crippen LogP contribution < -0.4 is 5.32 Å². The Morgan fingerprint density at radius 3 is 2.45 bits per heavy atom. The van der Waals surface area contributed by atoms with Crippen LogP contribution in [0.25, 0.3) is 10.9 Å². The van der Waals surface area contributed by atoms with E-state index in [1.54, 1.807) is 0 Å². The lowest BCUT2D eigenvalue weighted by atomic mass is 9.32. The zero-order valence-corrected chi connectivity index (χ0v) is 28.3. The number of benzene rings is 1. The van der Waals surface area contributed by atoms with E-state index in [9.17, 15) is 14.7 Å². The number of halogens is 1. The molecule has 0 saturated heterocycles. The van der Waals surface area contributed by atoms with Gasteiger partial charge in [-0.25, -0.2) is 0 Å². The molecule has 3 N–H and O–H groups in total. The van der Waals surface area contributed by atoms with Crippen LogP contribution in [0.1, 0.15) is 104 Å². The number of carboxylic acids is 1. The van der Waals surface area contributed by atoms with Crippen molar-refractivity contribution in [3.63, 3.8) is 0 Å². The van der Waals surface area contributed by atoms with Crippen molar-refractivity contribution in [2.75, 3.05) is 6.54 Å². The molecule has 1 amide bonds. The maximum Gasteiger partial charge on any atom is 0.322 e. The molecule has 4 saturated carbocycles. The van der Waals surface area contributed by atoms with Gasteiger partial charge in [0, 0.05) is 27.0 Å². The van der Waals surface area contributed by atoms with Gasteiger partial charge in [-0.1, -0.05) is 58.4 Å². The first-order chi connectivity index (χ1) is 20.6. The van der Waals surface area contributed by atoms with E-state index in [1.807, 2.05) is 6.07 Å². The summed E-state index contributed by atoms with van der Waals surface area (Å²) in [6, 6.07) is 6.31. The van der Waals surface area contributed by atoms with Crippen LogP contribution in [0.4, 0.5) is 0 Å².